The van der Waals surface area contributed by atoms with Crippen LogP contribution in [0.2, 0.25) is 0 Å². The number of carbonyl (C=O) groups excluding carboxylic acids is 1. The Morgan fingerprint density at radius 3 is 2.67 bits per heavy atom. The molecule has 0 bridgehead atoms. The van der Waals surface area contributed by atoms with Crippen LogP contribution in [-0.4, -0.2) is 48.1 Å². The van der Waals surface area contributed by atoms with Crippen molar-refractivity contribution in [1.29, 1.82) is 0 Å². The molecule has 18 heavy (non-hydrogen) atoms. The third kappa shape index (κ3) is 3.70. The summed E-state index contributed by atoms with van der Waals surface area (Å²) >= 11 is 0. The number of hydrogen-bond acceptors (Lipinski definition) is 3. The van der Waals surface area contributed by atoms with Crippen LogP contribution in [-0.2, 0) is 9.59 Å². The highest BCUT2D eigenvalue weighted by atomic mass is 16.4. The van der Waals surface area contributed by atoms with Crippen LogP contribution >= 0.6 is 0 Å². The van der Waals surface area contributed by atoms with Crippen molar-refractivity contribution in [3.05, 3.63) is 0 Å². The van der Waals surface area contributed by atoms with Crippen molar-refractivity contribution in [2.75, 3.05) is 26.2 Å². The maximum Gasteiger partial charge on any atom is 0.310 e. The van der Waals surface area contributed by atoms with Gasteiger partial charge in [0.1, 0.15) is 0 Å². The Hall–Kier alpha value is -1.10. The fraction of sp³-hybridized carbons (Fsp3) is 0.846. The second-order valence-corrected chi connectivity index (χ2v) is 5.10. The van der Waals surface area contributed by atoms with Crippen LogP contribution in [0.15, 0.2) is 0 Å². The van der Waals surface area contributed by atoms with Gasteiger partial charge in [0.15, 0.2) is 0 Å². The first-order chi connectivity index (χ1) is 8.54. The van der Waals surface area contributed by atoms with Gasteiger partial charge in [-0.2, -0.15) is 0 Å². The number of carboxylic acids is 1. The number of piperidine rings is 1. The van der Waals surface area contributed by atoms with Crippen molar-refractivity contribution in [1.82, 2.24) is 10.2 Å². The summed E-state index contributed by atoms with van der Waals surface area (Å²) in [6.45, 7) is 6.13. The Labute approximate surface area is 109 Å². The Morgan fingerprint density at radius 1 is 1.39 bits per heavy atom. The minimum Gasteiger partial charge on any atom is -0.481 e. The molecule has 1 heterocycles. The first kappa shape index (κ1) is 15.0. The third-order valence-electron chi connectivity index (χ3n) is 3.58. The molecular weight excluding hydrogens is 232 g/mol. The van der Waals surface area contributed by atoms with E-state index in [1.165, 1.54) is 0 Å². The number of hydrogen-bond donors (Lipinski definition) is 2. The first-order valence-corrected chi connectivity index (χ1v) is 6.76. The number of rotatable bonds is 6. The lowest BCUT2D eigenvalue weighted by Crippen LogP contribution is -2.50. The molecule has 1 atom stereocenters. The van der Waals surface area contributed by atoms with E-state index in [2.05, 4.69) is 5.32 Å². The zero-order valence-electron chi connectivity index (χ0n) is 11.4. The summed E-state index contributed by atoms with van der Waals surface area (Å²) in [6, 6.07) is 0. The molecule has 1 amide bonds. The highest BCUT2D eigenvalue weighted by Crippen LogP contribution is 2.34. The van der Waals surface area contributed by atoms with Gasteiger partial charge in [0.25, 0.3) is 0 Å². The lowest BCUT2D eigenvalue weighted by atomic mass is 9.76. The largest absolute Gasteiger partial charge is 0.481 e. The average Bonchev–Trinajstić information content (AvgIpc) is 2.29. The van der Waals surface area contributed by atoms with E-state index in [9.17, 15) is 14.7 Å². The molecule has 1 unspecified atom stereocenters. The first-order valence-electron chi connectivity index (χ1n) is 6.76. The van der Waals surface area contributed by atoms with Crippen molar-refractivity contribution in [3.63, 3.8) is 0 Å². The fourth-order valence-corrected chi connectivity index (χ4v) is 2.78. The van der Waals surface area contributed by atoms with Crippen LogP contribution in [0.3, 0.4) is 0 Å². The van der Waals surface area contributed by atoms with Crippen molar-refractivity contribution in [3.8, 4) is 0 Å². The summed E-state index contributed by atoms with van der Waals surface area (Å²) in [7, 11) is 0. The normalized spacial score (nSPS) is 24.8. The number of likely N-dealkylation sites (N-methyl/N-ethyl adjacent to an activating group) is 1. The monoisotopic (exact) mass is 256 g/mol. The van der Waals surface area contributed by atoms with Crippen molar-refractivity contribution in [2.45, 2.75) is 39.5 Å². The Morgan fingerprint density at radius 2 is 2.11 bits per heavy atom. The SMILES string of the molecule is CCCC1(C(=O)O)CCCN(CC(=O)NCC)C1. The molecule has 1 rings (SSSR count). The predicted molar refractivity (Wildman–Crippen MR) is 69.3 cm³/mol. The van der Waals surface area contributed by atoms with Gasteiger partial charge in [-0.05, 0) is 32.7 Å². The van der Waals surface area contributed by atoms with Gasteiger partial charge in [0.2, 0.25) is 5.91 Å². The Bertz CT molecular complexity index is 303. The topological polar surface area (TPSA) is 69.6 Å². The van der Waals surface area contributed by atoms with E-state index in [0.717, 1.165) is 25.8 Å². The smallest absolute Gasteiger partial charge is 0.310 e. The van der Waals surface area contributed by atoms with Crippen molar-refractivity contribution in [2.24, 2.45) is 5.41 Å². The molecule has 0 radical (unpaired) electrons. The van der Waals surface area contributed by atoms with Crippen LogP contribution < -0.4 is 5.32 Å². The van der Waals surface area contributed by atoms with Gasteiger partial charge in [-0.15, -0.1) is 0 Å². The molecular formula is C13H24N2O3. The molecule has 1 saturated heterocycles. The number of nitrogens with one attached hydrogen (secondary N) is 1. The van der Waals surface area contributed by atoms with Gasteiger partial charge in [0, 0.05) is 13.1 Å². The molecule has 5 nitrogen and oxygen atoms in total. The Kier molecular flexibility index (Phi) is 5.59. The van der Waals surface area contributed by atoms with Crippen LogP contribution in [0.4, 0.5) is 0 Å². The summed E-state index contributed by atoms with van der Waals surface area (Å²) in [5.41, 5.74) is -0.653. The number of likely N-dealkylation sites (tertiary alicyclic amines) is 1. The quantitative estimate of drug-likeness (QED) is 0.746. The molecule has 1 aliphatic rings. The lowest BCUT2D eigenvalue weighted by Gasteiger charge is -2.39. The van der Waals surface area contributed by atoms with Gasteiger partial charge in [-0.1, -0.05) is 13.3 Å². The molecule has 2 N–H and O–H groups in total. The van der Waals surface area contributed by atoms with E-state index in [1.807, 2.05) is 18.7 Å². The molecule has 0 aliphatic carbocycles. The lowest BCUT2D eigenvalue weighted by molar-refractivity contribution is -0.154. The minimum absolute atomic E-state index is 0.0183. The summed E-state index contributed by atoms with van der Waals surface area (Å²) in [5.74, 6) is -0.736. The molecule has 0 spiro atoms. The minimum atomic E-state index is -0.718. The Balaban J connectivity index is 2.63. The maximum absolute atomic E-state index is 11.5. The summed E-state index contributed by atoms with van der Waals surface area (Å²) in [5, 5.41) is 12.2. The zero-order chi connectivity index (χ0) is 13.6. The molecule has 1 fully saturated rings. The maximum atomic E-state index is 11.5. The van der Waals surface area contributed by atoms with E-state index >= 15 is 0 Å². The van der Waals surface area contributed by atoms with E-state index in [4.69, 9.17) is 0 Å². The van der Waals surface area contributed by atoms with Crippen LogP contribution in [0, 0.1) is 5.41 Å². The number of aliphatic carboxylic acids is 1. The number of carboxylic acid groups (broad SMARTS) is 1. The summed E-state index contributed by atoms with van der Waals surface area (Å²) in [4.78, 5) is 25.0. The van der Waals surface area contributed by atoms with E-state index in [1.54, 1.807) is 0 Å². The molecule has 104 valence electrons. The predicted octanol–water partition coefficient (Wildman–Crippen LogP) is 1.09. The highest BCUT2D eigenvalue weighted by molar-refractivity contribution is 5.78. The van der Waals surface area contributed by atoms with E-state index in [0.29, 0.717) is 26.1 Å². The molecule has 5 heteroatoms. The highest BCUT2D eigenvalue weighted by Gasteiger charge is 2.41. The number of amides is 1. The second-order valence-electron chi connectivity index (χ2n) is 5.10. The van der Waals surface area contributed by atoms with E-state index < -0.39 is 11.4 Å². The van der Waals surface area contributed by atoms with E-state index in [-0.39, 0.29) is 5.91 Å². The van der Waals surface area contributed by atoms with Gasteiger partial charge in [0.05, 0.1) is 12.0 Å². The molecule has 0 aromatic heterocycles. The fourth-order valence-electron chi connectivity index (χ4n) is 2.78. The van der Waals surface area contributed by atoms with Gasteiger partial charge in [-0.3, -0.25) is 14.5 Å². The number of carbonyl (C=O) groups is 2. The third-order valence-corrected chi connectivity index (χ3v) is 3.58. The molecule has 0 aromatic rings. The van der Waals surface area contributed by atoms with Crippen molar-refractivity contribution >= 4 is 11.9 Å². The summed E-state index contributed by atoms with van der Waals surface area (Å²) < 4.78 is 0. The molecule has 0 saturated carbocycles. The average molecular weight is 256 g/mol. The van der Waals surface area contributed by atoms with Gasteiger partial charge >= 0.3 is 5.97 Å². The standard InChI is InChI=1S/C13H24N2O3/c1-3-6-13(12(17)18)7-5-8-15(10-13)9-11(16)14-4-2/h3-10H2,1-2H3,(H,14,16)(H,17,18). The molecule has 1 aliphatic heterocycles. The van der Waals surface area contributed by atoms with Crippen LogP contribution in [0.25, 0.3) is 0 Å². The van der Waals surface area contributed by atoms with Gasteiger partial charge in [-0.25, -0.2) is 0 Å². The summed E-state index contributed by atoms with van der Waals surface area (Å²) in [6.07, 6.45) is 3.13. The van der Waals surface area contributed by atoms with Crippen LogP contribution in [0.1, 0.15) is 39.5 Å². The molecule has 0 aromatic carbocycles. The van der Waals surface area contributed by atoms with Crippen molar-refractivity contribution < 1.29 is 14.7 Å². The zero-order valence-corrected chi connectivity index (χ0v) is 11.4. The van der Waals surface area contributed by atoms with Gasteiger partial charge < -0.3 is 10.4 Å². The second kappa shape index (κ2) is 6.73. The number of nitrogens with zero attached hydrogens (tertiary/aromatic N) is 1. The van der Waals surface area contributed by atoms with Crippen LogP contribution in [0.5, 0.6) is 0 Å².